The zero-order valence-electron chi connectivity index (χ0n) is 24.1. The molecule has 4 rings (SSSR count). The van der Waals surface area contributed by atoms with Crippen LogP contribution >= 0.6 is 11.8 Å². The van der Waals surface area contributed by atoms with E-state index in [1.54, 1.807) is 66.7 Å². The molecule has 0 fully saturated rings. The highest BCUT2D eigenvalue weighted by Gasteiger charge is 2.20. The first kappa shape index (κ1) is 30.9. The third-order valence-corrected chi connectivity index (χ3v) is 7.69. The van der Waals surface area contributed by atoms with Gasteiger partial charge < -0.3 is 25.4 Å². The first-order chi connectivity index (χ1) is 20.9. The van der Waals surface area contributed by atoms with E-state index < -0.39 is 11.8 Å². The Labute approximate surface area is 255 Å². The second kappa shape index (κ2) is 15.3. The van der Waals surface area contributed by atoms with Crippen molar-refractivity contribution in [3.8, 4) is 11.5 Å². The van der Waals surface area contributed by atoms with Crippen molar-refractivity contribution in [3.63, 3.8) is 0 Å². The van der Waals surface area contributed by atoms with E-state index in [0.29, 0.717) is 34.7 Å². The van der Waals surface area contributed by atoms with E-state index in [1.165, 1.54) is 32.1 Å². The van der Waals surface area contributed by atoms with Crippen molar-refractivity contribution in [2.24, 2.45) is 0 Å². The average molecular weight is 596 g/mol. The van der Waals surface area contributed by atoms with Gasteiger partial charge >= 0.3 is 0 Å². The van der Waals surface area contributed by atoms with Gasteiger partial charge in [0, 0.05) is 27.4 Å². The minimum atomic E-state index is -0.537. The van der Waals surface area contributed by atoms with E-state index in [0.717, 1.165) is 10.6 Å². The third kappa shape index (κ3) is 8.50. The highest BCUT2D eigenvalue weighted by molar-refractivity contribution is 8.00. The molecule has 4 aromatic carbocycles. The average Bonchev–Trinajstić information content (AvgIpc) is 3.04. The Balaban J connectivity index is 1.56. The third-order valence-electron chi connectivity index (χ3n) is 6.34. The molecule has 0 spiro atoms. The fourth-order valence-electron chi connectivity index (χ4n) is 4.20. The van der Waals surface area contributed by atoms with Crippen LogP contribution in [0.25, 0.3) is 6.08 Å². The number of thioether (sulfide) groups is 1. The number of carbonyl (C=O) groups excluding carboxylic acids is 3. The second-order valence-corrected chi connectivity index (χ2v) is 10.6. The van der Waals surface area contributed by atoms with Crippen molar-refractivity contribution in [1.82, 2.24) is 5.32 Å². The van der Waals surface area contributed by atoms with E-state index in [1.807, 2.05) is 43.3 Å². The molecule has 1 atom stereocenters. The highest BCUT2D eigenvalue weighted by Crippen LogP contribution is 2.32. The minimum Gasteiger partial charge on any atom is -0.493 e. The molecule has 0 saturated carbocycles. The van der Waals surface area contributed by atoms with Crippen molar-refractivity contribution >= 4 is 46.9 Å². The summed E-state index contributed by atoms with van der Waals surface area (Å²) in [6.45, 7) is 1.95. The number of anilines is 2. The van der Waals surface area contributed by atoms with Crippen LogP contribution in [0.3, 0.4) is 0 Å². The van der Waals surface area contributed by atoms with Gasteiger partial charge in [-0.25, -0.2) is 0 Å². The molecule has 4 aromatic rings. The molecule has 0 aromatic heterocycles. The Morgan fingerprint density at radius 2 is 1.47 bits per heavy atom. The van der Waals surface area contributed by atoms with Gasteiger partial charge in [0.05, 0.1) is 19.5 Å². The zero-order valence-corrected chi connectivity index (χ0v) is 24.9. The smallest absolute Gasteiger partial charge is 0.272 e. The Morgan fingerprint density at radius 3 is 2.14 bits per heavy atom. The molecule has 0 aliphatic heterocycles. The molecule has 43 heavy (non-hydrogen) atoms. The predicted octanol–water partition coefficient (Wildman–Crippen LogP) is 6.62. The number of benzene rings is 4. The van der Waals surface area contributed by atoms with Crippen LogP contribution in [-0.4, -0.2) is 37.2 Å². The Morgan fingerprint density at radius 1 is 0.791 bits per heavy atom. The van der Waals surface area contributed by atoms with Gasteiger partial charge in [0.2, 0.25) is 5.91 Å². The Kier molecular flexibility index (Phi) is 11.0. The van der Waals surface area contributed by atoms with Crippen LogP contribution in [0.1, 0.15) is 29.3 Å². The van der Waals surface area contributed by atoms with Crippen molar-refractivity contribution < 1.29 is 23.9 Å². The molecule has 0 saturated heterocycles. The van der Waals surface area contributed by atoms with Crippen LogP contribution < -0.4 is 25.4 Å². The maximum Gasteiger partial charge on any atom is 0.272 e. The van der Waals surface area contributed by atoms with Gasteiger partial charge in [-0.05, 0) is 61.0 Å². The summed E-state index contributed by atoms with van der Waals surface area (Å²) in [7, 11) is 3.03. The van der Waals surface area contributed by atoms with E-state index in [4.69, 9.17) is 9.47 Å². The predicted molar refractivity (Wildman–Crippen MR) is 172 cm³/mol. The van der Waals surface area contributed by atoms with Crippen LogP contribution in [0.2, 0.25) is 0 Å². The molecule has 0 bridgehead atoms. The quantitative estimate of drug-likeness (QED) is 0.126. The molecule has 220 valence electrons. The molecular weight excluding hydrogens is 562 g/mol. The number of rotatable bonds is 12. The van der Waals surface area contributed by atoms with Crippen molar-refractivity contribution in [3.05, 3.63) is 120 Å². The summed E-state index contributed by atoms with van der Waals surface area (Å²) in [4.78, 5) is 40.4. The van der Waals surface area contributed by atoms with Gasteiger partial charge in [-0.15, -0.1) is 11.8 Å². The topological polar surface area (TPSA) is 106 Å². The molecule has 3 amide bonds. The van der Waals surface area contributed by atoms with Crippen LogP contribution in [0, 0.1) is 0 Å². The molecule has 0 aliphatic rings. The van der Waals surface area contributed by atoms with Gasteiger partial charge in [0.25, 0.3) is 11.8 Å². The van der Waals surface area contributed by atoms with Gasteiger partial charge in [-0.3, -0.25) is 14.4 Å². The van der Waals surface area contributed by atoms with E-state index in [9.17, 15) is 14.4 Å². The molecule has 1 unspecified atom stereocenters. The lowest BCUT2D eigenvalue weighted by Gasteiger charge is -2.16. The fraction of sp³-hybridized carbons (Fsp3) is 0.147. The largest absolute Gasteiger partial charge is 0.493 e. The SMILES string of the molecule is CCC(Sc1cccc(NC(=O)/C(=C\c2cccc(OC)c2OC)NC(=O)c2ccccc2)c1)C(=O)Nc1ccccc1. The molecule has 0 radical (unpaired) electrons. The maximum atomic E-state index is 13.6. The normalized spacial score (nSPS) is 11.7. The van der Waals surface area contributed by atoms with Crippen molar-refractivity contribution in [1.29, 1.82) is 0 Å². The van der Waals surface area contributed by atoms with Crippen molar-refractivity contribution in [2.75, 3.05) is 24.9 Å². The lowest BCUT2D eigenvalue weighted by molar-refractivity contribution is -0.116. The summed E-state index contributed by atoms with van der Waals surface area (Å²) < 4.78 is 10.9. The summed E-state index contributed by atoms with van der Waals surface area (Å²) >= 11 is 1.41. The van der Waals surface area contributed by atoms with E-state index in [-0.39, 0.29) is 16.9 Å². The monoisotopic (exact) mass is 595 g/mol. The summed E-state index contributed by atoms with van der Waals surface area (Å²) in [5.41, 5.74) is 2.19. The van der Waals surface area contributed by atoms with Gasteiger partial charge in [0.15, 0.2) is 11.5 Å². The number of hydrogen-bond donors (Lipinski definition) is 3. The van der Waals surface area contributed by atoms with E-state index in [2.05, 4.69) is 16.0 Å². The number of hydrogen-bond acceptors (Lipinski definition) is 6. The van der Waals surface area contributed by atoms with Gasteiger partial charge in [-0.2, -0.15) is 0 Å². The van der Waals surface area contributed by atoms with Crippen LogP contribution in [-0.2, 0) is 9.59 Å². The van der Waals surface area contributed by atoms with Crippen LogP contribution in [0.5, 0.6) is 11.5 Å². The van der Waals surface area contributed by atoms with E-state index >= 15 is 0 Å². The Bertz CT molecular complexity index is 1590. The number of ether oxygens (including phenoxy) is 2. The summed E-state index contributed by atoms with van der Waals surface area (Å²) in [6, 6.07) is 30.4. The zero-order chi connectivity index (χ0) is 30.6. The lowest BCUT2D eigenvalue weighted by atomic mass is 10.1. The standard InChI is InChI=1S/C34H33N3O5S/c1-4-30(34(40)35-25-16-9-6-10-17-25)43-27-19-12-18-26(22-27)36-33(39)28(37-32(38)23-13-7-5-8-14-23)21-24-15-11-20-29(41-2)31(24)42-3/h5-22,30H,4H2,1-3H3,(H,35,40)(H,36,39)(H,37,38)/b28-21+. The number of carbonyl (C=O) groups is 3. The first-order valence-electron chi connectivity index (χ1n) is 13.6. The number of nitrogens with one attached hydrogen (secondary N) is 3. The summed E-state index contributed by atoms with van der Waals surface area (Å²) in [6.07, 6.45) is 2.15. The minimum absolute atomic E-state index is 0.00661. The van der Waals surface area contributed by atoms with Crippen molar-refractivity contribution in [2.45, 2.75) is 23.5 Å². The maximum absolute atomic E-state index is 13.6. The number of amides is 3. The highest BCUT2D eigenvalue weighted by atomic mass is 32.2. The fourth-order valence-corrected chi connectivity index (χ4v) is 5.21. The summed E-state index contributed by atoms with van der Waals surface area (Å²) in [5.74, 6) is -0.179. The van der Waals surface area contributed by atoms with Gasteiger partial charge in [0.1, 0.15) is 5.70 Å². The molecule has 9 heteroatoms. The van der Waals surface area contributed by atoms with Crippen LogP contribution in [0.4, 0.5) is 11.4 Å². The molecule has 3 N–H and O–H groups in total. The number of para-hydroxylation sites is 2. The lowest BCUT2D eigenvalue weighted by Crippen LogP contribution is -2.30. The molecular formula is C34H33N3O5S. The Hall–Kier alpha value is -5.02. The number of methoxy groups -OCH3 is 2. The second-order valence-electron chi connectivity index (χ2n) is 9.31. The molecule has 0 heterocycles. The molecule has 0 aliphatic carbocycles. The summed E-state index contributed by atoms with van der Waals surface area (Å²) in [5, 5.41) is 8.23. The first-order valence-corrected chi connectivity index (χ1v) is 14.5. The van der Waals surface area contributed by atoms with Gasteiger partial charge in [-0.1, -0.05) is 61.5 Å². The van der Waals surface area contributed by atoms with Crippen LogP contribution in [0.15, 0.2) is 114 Å². The molecule has 8 nitrogen and oxygen atoms in total.